The lowest BCUT2D eigenvalue weighted by Gasteiger charge is -2.09. The molecule has 0 spiro atoms. The number of carbonyl (C=O) groups is 1. The average molecular weight is 279 g/mol. The van der Waals surface area contributed by atoms with Crippen LogP contribution in [0.1, 0.15) is 5.56 Å². The summed E-state index contributed by atoms with van der Waals surface area (Å²) in [5, 5.41) is 3.98. The van der Waals surface area contributed by atoms with Gasteiger partial charge in [0.25, 0.3) is 0 Å². The number of para-hydroxylation sites is 1. The molecule has 0 aliphatic rings. The van der Waals surface area contributed by atoms with E-state index < -0.39 is 0 Å². The van der Waals surface area contributed by atoms with E-state index in [1.165, 1.54) is 0 Å². The minimum atomic E-state index is -0.0429. The van der Waals surface area contributed by atoms with E-state index in [0.29, 0.717) is 0 Å². The largest absolute Gasteiger partial charge is 0.399 e. The number of amides is 1. The zero-order valence-electron chi connectivity index (χ0n) is 11.8. The number of hydrogen-bond acceptors (Lipinski definition) is 2. The number of fused-ring (bicyclic) bond motifs is 1. The molecule has 0 unspecified atom stereocenters. The van der Waals surface area contributed by atoms with Crippen LogP contribution in [0.15, 0.2) is 54.7 Å². The van der Waals surface area contributed by atoms with Gasteiger partial charge in [0.05, 0.1) is 0 Å². The van der Waals surface area contributed by atoms with Crippen LogP contribution in [0.5, 0.6) is 0 Å². The molecule has 1 amide bonds. The van der Waals surface area contributed by atoms with E-state index in [0.717, 1.165) is 27.8 Å². The summed E-state index contributed by atoms with van der Waals surface area (Å²) in [4.78, 5) is 12.2. The Balaban J connectivity index is 1.79. The summed E-state index contributed by atoms with van der Waals surface area (Å²) < 4.78 is 1.92. The van der Waals surface area contributed by atoms with Crippen LogP contribution >= 0.6 is 0 Å². The van der Waals surface area contributed by atoms with Crippen molar-refractivity contribution in [2.45, 2.75) is 13.5 Å². The Kier molecular flexibility index (Phi) is 3.36. The lowest BCUT2D eigenvalue weighted by atomic mass is 10.2. The fraction of sp³-hybridized carbons (Fsp3) is 0.118. The van der Waals surface area contributed by atoms with Crippen molar-refractivity contribution in [1.82, 2.24) is 4.57 Å². The zero-order valence-corrected chi connectivity index (χ0v) is 11.8. The molecule has 0 saturated heterocycles. The number of aryl methyl sites for hydroxylation is 1. The predicted molar refractivity (Wildman–Crippen MR) is 86.2 cm³/mol. The van der Waals surface area contributed by atoms with Gasteiger partial charge in [-0.1, -0.05) is 18.2 Å². The molecule has 2 aromatic carbocycles. The Morgan fingerprint density at radius 2 is 2.00 bits per heavy atom. The maximum Gasteiger partial charge on any atom is 0.244 e. The molecule has 0 saturated carbocycles. The number of aromatic nitrogens is 1. The molecule has 4 nitrogen and oxygen atoms in total. The number of nitrogen functional groups attached to an aromatic ring is 1. The van der Waals surface area contributed by atoms with Gasteiger partial charge in [0.15, 0.2) is 0 Å². The smallest absolute Gasteiger partial charge is 0.244 e. The van der Waals surface area contributed by atoms with Crippen molar-refractivity contribution >= 4 is 28.2 Å². The minimum absolute atomic E-state index is 0.0429. The Morgan fingerprint density at radius 3 is 2.81 bits per heavy atom. The summed E-state index contributed by atoms with van der Waals surface area (Å²) in [6, 6.07) is 15.4. The van der Waals surface area contributed by atoms with Crippen LogP contribution in [0.2, 0.25) is 0 Å². The van der Waals surface area contributed by atoms with Gasteiger partial charge in [-0.2, -0.15) is 0 Å². The van der Waals surface area contributed by atoms with Crippen molar-refractivity contribution in [2.24, 2.45) is 0 Å². The van der Waals surface area contributed by atoms with Gasteiger partial charge < -0.3 is 15.6 Å². The van der Waals surface area contributed by atoms with Crippen molar-refractivity contribution in [2.75, 3.05) is 11.1 Å². The molecule has 1 aromatic heterocycles. The third-order valence-electron chi connectivity index (χ3n) is 3.53. The minimum Gasteiger partial charge on any atom is -0.399 e. The molecular formula is C17H17N3O. The molecule has 4 heteroatoms. The fourth-order valence-corrected chi connectivity index (χ4v) is 2.41. The maximum atomic E-state index is 12.2. The number of rotatable bonds is 3. The topological polar surface area (TPSA) is 60.0 Å². The predicted octanol–water partition coefficient (Wildman–Crippen LogP) is 3.17. The highest BCUT2D eigenvalue weighted by atomic mass is 16.1. The Morgan fingerprint density at radius 1 is 1.19 bits per heavy atom. The van der Waals surface area contributed by atoms with Crippen LogP contribution in [0, 0.1) is 6.92 Å². The van der Waals surface area contributed by atoms with Crippen molar-refractivity contribution in [3.05, 3.63) is 60.3 Å². The molecule has 3 aromatic rings. The molecule has 0 bridgehead atoms. The van der Waals surface area contributed by atoms with Crippen molar-refractivity contribution in [3.63, 3.8) is 0 Å². The van der Waals surface area contributed by atoms with E-state index in [9.17, 15) is 4.79 Å². The molecule has 0 aliphatic heterocycles. The Hall–Kier alpha value is -2.75. The van der Waals surface area contributed by atoms with Gasteiger partial charge in [0, 0.05) is 28.5 Å². The van der Waals surface area contributed by atoms with Gasteiger partial charge in [-0.05, 0) is 42.8 Å². The van der Waals surface area contributed by atoms with Crippen molar-refractivity contribution in [3.8, 4) is 0 Å². The van der Waals surface area contributed by atoms with Gasteiger partial charge in [0.1, 0.15) is 6.54 Å². The number of carbonyl (C=O) groups excluding carboxylic acids is 1. The first kappa shape index (κ1) is 13.2. The van der Waals surface area contributed by atoms with Gasteiger partial charge in [0.2, 0.25) is 5.91 Å². The molecule has 0 fully saturated rings. The molecule has 0 radical (unpaired) electrons. The maximum absolute atomic E-state index is 12.2. The van der Waals surface area contributed by atoms with E-state index in [1.807, 2.05) is 66.2 Å². The first-order valence-corrected chi connectivity index (χ1v) is 6.83. The Bertz CT molecular complexity index is 805. The molecule has 0 aliphatic carbocycles. The van der Waals surface area contributed by atoms with Crippen molar-refractivity contribution in [1.29, 1.82) is 0 Å². The summed E-state index contributed by atoms with van der Waals surface area (Å²) in [7, 11) is 0. The normalized spacial score (nSPS) is 10.7. The van der Waals surface area contributed by atoms with E-state index in [4.69, 9.17) is 5.73 Å². The molecule has 0 atom stereocenters. The molecule has 106 valence electrons. The second-order valence-electron chi connectivity index (χ2n) is 5.12. The van der Waals surface area contributed by atoms with Gasteiger partial charge >= 0.3 is 0 Å². The first-order chi connectivity index (χ1) is 10.1. The van der Waals surface area contributed by atoms with E-state index >= 15 is 0 Å². The van der Waals surface area contributed by atoms with E-state index in [2.05, 4.69) is 5.32 Å². The summed E-state index contributed by atoms with van der Waals surface area (Å²) in [5.41, 5.74) is 9.40. The number of nitrogens with two attached hydrogens (primary N) is 1. The number of benzene rings is 2. The second-order valence-corrected chi connectivity index (χ2v) is 5.12. The lowest BCUT2D eigenvalue weighted by molar-refractivity contribution is -0.116. The average Bonchev–Trinajstić information content (AvgIpc) is 2.83. The van der Waals surface area contributed by atoms with E-state index in [-0.39, 0.29) is 12.5 Å². The van der Waals surface area contributed by atoms with Crippen LogP contribution in [0.3, 0.4) is 0 Å². The highest BCUT2D eigenvalue weighted by Gasteiger charge is 2.08. The van der Waals surface area contributed by atoms with Crippen LogP contribution < -0.4 is 11.1 Å². The van der Waals surface area contributed by atoms with Crippen molar-refractivity contribution < 1.29 is 4.79 Å². The third kappa shape index (κ3) is 2.74. The molecule has 1 heterocycles. The summed E-state index contributed by atoms with van der Waals surface area (Å²) >= 11 is 0. The zero-order chi connectivity index (χ0) is 14.8. The summed E-state index contributed by atoms with van der Waals surface area (Å²) in [6.45, 7) is 2.26. The van der Waals surface area contributed by atoms with Gasteiger partial charge in [-0.15, -0.1) is 0 Å². The van der Waals surface area contributed by atoms with Crippen LogP contribution in [0.4, 0.5) is 11.4 Å². The molecule has 21 heavy (non-hydrogen) atoms. The monoisotopic (exact) mass is 279 g/mol. The lowest BCUT2D eigenvalue weighted by Crippen LogP contribution is -2.18. The van der Waals surface area contributed by atoms with E-state index in [1.54, 1.807) is 0 Å². The Labute approximate surface area is 123 Å². The first-order valence-electron chi connectivity index (χ1n) is 6.83. The van der Waals surface area contributed by atoms with Crippen LogP contribution in [0.25, 0.3) is 10.9 Å². The number of nitrogens with one attached hydrogen (secondary N) is 1. The number of anilines is 2. The molecule has 3 rings (SSSR count). The fourth-order valence-electron chi connectivity index (χ4n) is 2.41. The van der Waals surface area contributed by atoms with Gasteiger partial charge in [-0.25, -0.2) is 0 Å². The molecular weight excluding hydrogens is 262 g/mol. The van der Waals surface area contributed by atoms with Gasteiger partial charge in [-0.3, -0.25) is 4.79 Å². The molecule has 3 N–H and O–H groups in total. The standard InChI is InChI=1S/C17H17N3O/c1-12-4-2-3-5-15(12)19-17(21)11-20-9-8-13-10-14(18)6-7-16(13)20/h2-10H,11,18H2,1H3,(H,19,21). The number of nitrogens with zero attached hydrogens (tertiary/aromatic N) is 1. The van der Waals surface area contributed by atoms with Crippen LogP contribution in [-0.4, -0.2) is 10.5 Å². The second kappa shape index (κ2) is 5.32. The third-order valence-corrected chi connectivity index (χ3v) is 3.53. The highest BCUT2D eigenvalue weighted by Crippen LogP contribution is 2.19. The number of hydrogen-bond donors (Lipinski definition) is 2. The highest BCUT2D eigenvalue weighted by molar-refractivity contribution is 5.93. The summed E-state index contributed by atoms with van der Waals surface area (Å²) in [6.07, 6.45) is 1.90. The van der Waals surface area contributed by atoms with Crippen LogP contribution in [-0.2, 0) is 11.3 Å². The quantitative estimate of drug-likeness (QED) is 0.723. The summed E-state index contributed by atoms with van der Waals surface area (Å²) in [5.74, 6) is -0.0429. The SMILES string of the molecule is Cc1ccccc1NC(=O)Cn1ccc2cc(N)ccc21.